The fourth-order valence-electron chi connectivity index (χ4n) is 2.14. The molecule has 116 valence electrons. The third kappa shape index (κ3) is 4.01. The Morgan fingerprint density at radius 1 is 1.18 bits per heavy atom. The normalized spacial score (nSPS) is 10.5. The Hall–Kier alpha value is -2.01. The highest BCUT2D eigenvalue weighted by Crippen LogP contribution is 2.25. The van der Waals surface area contributed by atoms with Crippen LogP contribution in [0.5, 0.6) is 0 Å². The van der Waals surface area contributed by atoms with E-state index in [9.17, 15) is 9.59 Å². The molecule has 2 rings (SSSR count). The number of methoxy groups -OCH3 is 1. The number of rotatable bonds is 6. The number of nitrogens with one attached hydrogen (secondary N) is 1. The number of hydrogen-bond acceptors (Lipinski definition) is 4. The maximum Gasteiger partial charge on any atom is 0.339 e. The van der Waals surface area contributed by atoms with E-state index in [-0.39, 0.29) is 5.91 Å². The second kappa shape index (κ2) is 7.84. The van der Waals surface area contributed by atoms with Gasteiger partial charge in [0.15, 0.2) is 0 Å². The number of benzene rings is 2. The van der Waals surface area contributed by atoms with Gasteiger partial charge in [0.1, 0.15) is 0 Å². The predicted molar refractivity (Wildman–Crippen MR) is 91.5 cm³/mol. The van der Waals surface area contributed by atoms with E-state index >= 15 is 0 Å². The predicted octanol–water partition coefficient (Wildman–Crippen LogP) is 3.71. The van der Waals surface area contributed by atoms with E-state index in [1.54, 1.807) is 17.8 Å². The molecule has 1 N–H and O–H groups in total. The summed E-state index contributed by atoms with van der Waals surface area (Å²) >= 11 is 1.71. The molecule has 0 saturated heterocycles. The number of ether oxygens (including phenoxy) is 1. The Balaban J connectivity index is 2.29. The maximum atomic E-state index is 12.0. The first-order chi connectivity index (χ1) is 10.7. The molecule has 0 radical (unpaired) electrons. The van der Waals surface area contributed by atoms with Crippen LogP contribution in [-0.4, -0.2) is 30.5 Å². The summed E-state index contributed by atoms with van der Waals surface area (Å²) in [6, 6.07) is 11.3. The van der Waals surface area contributed by atoms with E-state index in [4.69, 9.17) is 4.74 Å². The number of esters is 1. The quantitative estimate of drug-likeness (QED) is 0.652. The fourth-order valence-corrected chi connectivity index (χ4v) is 2.76. The molecule has 0 aliphatic rings. The van der Waals surface area contributed by atoms with Gasteiger partial charge in [0.05, 0.1) is 18.4 Å². The van der Waals surface area contributed by atoms with E-state index < -0.39 is 5.97 Å². The second-order valence-corrected chi connectivity index (χ2v) is 6.13. The summed E-state index contributed by atoms with van der Waals surface area (Å²) in [5.74, 6) is 1.20. The lowest BCUT2D eigenvalue weighted by Crippen LogP contribution is -2.15. The highest BCUT2D eigenvalue weighted by atomic mass is 32.2. The summed E-state index contributed by atoms with van der Waals surface area (Å²) in [6.07, 6.45) is 0.423. The smallest absolute Gasteiger partial charge is 0.339 e. The zero-order valence-electron chi connectivity index (χ0n) is 12.7. The molecular weight excluding hydrogens is 298 g/mol. The topological polar surface area (TPSA) is 55.4 Å². The van der Waals surface area contributed by atoms with Gasteiger partial charge in [-0.05, 0) is 28.7 Å². The monoisotopic (exact) mass is 317 g/mol. The number of carbonyl (C=O) groups is 2. The van der Waals surface area contributed by atoms with E-state index in [1.165, 1.54) is 7.11 Å². The molecule has 2 aromatic carbocycles. The van der Waals surface area contributed by atoms with Crippen LogP contribution in [0.25, 0.3) is 10.8 Å². The summed E-state index contributed by atoms with van der Waals surface area (Å²) in [4.78, 5) is 24.0. The Morgan fingerprint density at radius 2 is 1.86 bits per heavy atom. The van der Waals surface area contributed by atoms with Crippen molar-refractivity contribution in [1.29, 1.82) is 0 Å². The maximum absolute atomic E-state index is 12.0. The molecule has 0 atom stereocenters. The van der Waals surface area contributed by atoms with Crippen LogP contribution >= 0.6 is 11.8 Å². The van der Waals surface area contributed by atoms with Gasteiger partial charge in [0.2, 0.25) is 5.91 Å². The van der Waals surface area contributed by atoms with Crippen molar-refractivity contribution < 1.29 is 14.3 Å². The Labute approximate surface area is 134 Å². The zero-order valence-corrected chi connectivity index (χ0v) is 13.5. The van der Waals surface area contributed by atoms with Crippen LogP contribution in [0, 0.1) is 0 Å². The molecule has 22 heavy (non-hydrogen) atoms. The number of thioether (sulfide) groups is 1. The standard InChI is InChI=1S/C17H19NO3S/c1-3-22-9-8-16(19)18-15-11-13-7-5-4-6-12(13)10-14(15)17(20)21-2/h4-7,10-11H,3,8-9H2,1-2H3,(H,18,19). The average molecular weight is 317 g/mol. The Morgan fingerprint density at radius 3 is 2.50 bits per heavy atom. The summed E-state index contributed by atoms with van der Waals surface area (Å²) < 4.78 is 4.81. The number of hydrogen-bond donors (Lipinski definition) is 1. The molecule has 0 saturated carbocycles. The van der Waals surface area contributed by atoms with Crippen molar-refractivity contribution in [1.82, 2.24) is 0 Å². The number of carbonyl (C=O) groups excluding carboxylic acids is 2. The lowest BCUT2D eigenvalue weighted by molar-refractivity contribution is -0.115. The average Bonchev–Trinajstić information content (AvgIpc) is 2.53. The summed E-state index contributed by atoms with van der Waals surface area (Å²) in [5.41, 5.74) is 0.870. The molecule has 2 aromatic rings. The largest absolute Gasteiger partial charge is 0.465 e. The van der Waals surface area contributed by atoms with Crippen LogP contribution in [0.3, 0.4) is 0 Å². The first-order valence-electron chi connectivity index (χ1n) is 7.14. The SMILES string of the molecule is CCSCCC(=O)Nc1cc2ccccc2cc1C(=O)OC. The molecule has 4 nitrogen and oxygen atoms in total. The van der Waals surface area contributed by atoms with Gasteiger partial charge in [0.25, 0.3) is 0 Å². The summed E-state index contributed by atoms with van der Waals surface area (Å²) in [6.45, 7) is 2.06. The third-order valence-corrected chi connectivity index (χ3v) is 4.14. The van der Waals surface area contributed by atoms with Crippen molar-refractivity contribution >= 4 is 40.1 Å². The zero-order chi connectivity index (χ0) is 15.9. The minimum absolute atomic E-state index is 0.0959. The van der Waals surface area contributed by atoms with Gasteiger partial charge < -0.3 is 10.1 Å². The Bertz CT molecular complexity index is 685. The summed E-state index contributed by atoms with van der Waals surface area (Å²) in [5, 5.41) is 4.72. The third-order valence-electron chi connectivity index (χ3n) is 3.24. The molecule has 0 bridgehead atoms. The highest BCUT2D eigenvalue weighted by Gasteiger charge is 2.15. The second-order valence-electron chi connectivity index (χ2n) is 4.73. The first kappa shape index (κ1) is 16.4. The van der Waals surface area contributed by atoms with E-state index in [0.717, 1.165) is 22.3 Å². The molecule has 5 heteroatoms. The van der Waals surface area contributed by atoms with Crippen LogP contribution in [0.15, 0.2) is 36.4 Å². The van der Waals surface area contributed by atoms with Gasteiger partial charge in [-0.25, -0.2) is 4.79 Å². The van der Waals surface area contributed by atoms with Crippen molar-refractivity contribution in [3.63, 3.8) is 0 Å². The van der Waals surface area contributed by atoms with Gasteiger partial charge in [0, 0.05) is 12.2 Å². The lowest BCUT2D eigenvalue weighted by atomic mass is 10.0. The molecule has 1 amide bonds. The van der Waals surface area contributed by atoms with Crippen molar-refractivity contribution in [2.75, 3.05) is 23.9 Å². The van der Waals surface area contributed by atoms with Gasteiger partial charge in [-0.3, -0.25) is 4.79 Å². The van der Waals surface area contributed by atoms with Crippen molar-refractivity contribution in [2.24, 2.45) is 0 Å². The minimum atomic E-state index is -0.455. The molecule has 0 fully saturated rings. The highest BCUT2D eigenvalue weighted by molar-refractivity contribution is 7.99. The van der Waals surface area contributed by atoms with Crippen molar-refractivity contribution in [2.45, 2.75) is 13.3 Å². The number of fused-ring (bicyclic) bond motifs is 1. The first-order valence-corrected chi connectivity index (χ1v) is 8.30. The fraction of sp³-hybridized carbons (Fsp3) is 0.294. The Kier molecular flexibility index (Phi) is 5.83. The number of anilines is 1. The van der Waals surface area contributed by atoms with E-state index in [2.05, 4.69) is 12.2 Å². The van der Waals surface area contributed by atoms with Crippen LogP contribution in [0.1, 0.15) is 23.7 Å². The van der Waals surface area contributed by atoms with Gasteiger partial charge in [-0.2, -0.15) is 11.8 Å². The molecule has 0 spiro atoms. The summed E-state index contributed by atoms with van der Waals surface area (Å²) in [7, 11) is 1.33. The molecular formula is C17H19NO3S. The molecule has 0 unspecified atom stereocenters. The molecule has 0 aliphatic heterocycles. The van der Waals surface area contributed by atoms with Crippen LogP contribution in [0.2, 0.25) is 0 Å². The van der Waals surface area contributed by atoms with Gasteiger partial charge >= 0.3 is 5.97 Å². The van der Waals surface area contributed by atoms with Gasteiger partial charge in [-0.15, -0.1) is 0 Å². The van der Waals surface area contributed by atoms with Gasteiger partial charge in [-0.1, -0.05) is 31.2 Å². The molecule has 0 aromatic heterocycles. The van der Waals surface area contributed by atoms with Crippen LogP contribution in [0.4, 0.5) is 5.69 Å². The number of amides is 1. The van der Waals surface area contributed by atoms with E-state index in [1.807, 2.05) is 30.3 Å². The lowest BCUT2D eigenvalue weighted by Gasteiger charge is -2.11. The molecule has 0 aliphatic carbocycles. The molecule has 0 heterocycles. The van der Waals surface area contributed by atoms with E-state index in [0.29, 0.717) is 17.7 Å². The van der Waals surface area contributed by atoms with Crippen LogP contribution in [-0.2, 0) is 9.53 Å². The van der Waals surface area contributed by atoms with Crippen LogP contribution < -0.4 is 5.32 Å². The van der Waals surface area contributed by atoms with Crippen molar-refractivity contribution in [3.8, 4) is 0 Å². The minimum Gasteiger partial charge on any atom is -0.465 e. The van der Waals surface area contributed by atoms with Crippen molar-refractivity contribution in [3.05, 3.63) is 42.0 Å².